The van der Waals surface area contributed by atoms with E-state index in [2.05, 4.69) is 6.07 Å². The highest BCUT2D eigenvalue weighted by molar-refractivity contribution is 5.48. The number of nitriles is 1. The van der Waals surface area contributed by atoms with Crippen LogP contribution in [0.15, 0.2) is 22.3 Å². The average molecular weight is 255 g/mol. The highest BCUT2D eigenvalue weighted by atomic mass is 19.3. The molecule has 0 radical (unpaired) electrons. The van der Waals surface area contributed by atoms with Crippen molar-refractivity contribution in [2.45, 2.75) is 60.3 Å². The van der Waals surface area contributed by atoms with Gasteiger partial charge in [-0.25, -0.2) is 8.78 Å². The molecule has 0 amide bonds. The maximum atomic E-state index is 13.3. The maximum Gasteiger partial charge on any atom is 0.249 e. The lowest BCUT2D eigenvalue weighted by atomic mass is 9.88. The van der Waals surface area contributed by atoms with Crippen molar-refractivity contribution in [3.63, 3.8) is 0 Å². The van der Waals surface area contributed by atoms with E-state index in [0.29, 0.717) is 17.6 Å². The summed E-state index contributed by atoms with van der Waals surface area (Å²) in [6.45, 7) is 10.4. The van der Waals surface area contributed by atoms with E-state index >= 15 is 0 Å². The molecule has 0 spiro atoms. The van der Waals surface area contributed by atoms with Gasteiger partial charge in [-0.2, -0.15) is 5.26 Å². The molecule has 0 aromatic rings. The Balaban J connectivity index is 5.80. The van der Waals surface area contributed by atoms with Crippen LogP contribution in [0, 0.1) is 17.2 Å². The van der Waals surface area contributed by atoms with E-state index in [-0.39, 0.29) is 12.3 Å². The minimum atomic E-state index is -2.79. The van der Waals surface area contributed by atoms with Crippen molar-refractivity contribution < 1.29 is 8.78 Å². The molecule has 0 aliphatic rings. The molecule has 0 saturated heterocycles. The second kappa shape index (κ2) is 6.68. The van der Waals surface area contributed by atoms with Crippen LogP contribution < -0.4 is 0 Å². The number of nitrogens with zero attached hydrogens (tertiary/aromatic N) is 1. The van der Waals surface area contributed by atoms with Gasteiger partial charge in [-0.15, -0.1) is 0 Å². The van der Waals surface area contributed by atoms with Crippen LogP contribution >= 0.6 is 0 Å². The van der Waals surface area contributed by atoms with Crippen LogP contribution in [0.5, 0.6) is 0 Å². The van der Waals surface area contributed by atoms with Crippen LogP contribution in [-0.2, 0) is 0 Å². The van der Waals surface area contributed by atoms with Crippen molar-refractivity contribution in [2.75, 3.05) is 0 Å². The summed E-state index contributed by atoms with van der Waals surface area (Å²) in [5.74, 6) is -2.63. The fraction of sp³-hybridized carbons (Fsp3) is 0.667. The van der Waals surface area contributed by atoms with Crippen LogP contribution in [0.1, 0.15) is 54.4 Å². The van der Waals surface area contributed by atoms with Gasteiger partial charge in [0.2, 0.25) is 5.92 Å². The molecule has 0 atom stereocenters. The lowest BCUT2D eigenvalue weighted by Crippen LogP contribution is -2.14. The lowest BCUT2D eigenvalue weighted by molar-refractivity contribution is 0.0229. The van der Waals surface area contributed by atoms with Crippen LogP contribution in [0.3, 0.4) is 0 Å². The summed E-state index contributed by atoms with van der Waals surface area (Å²) in [7, 11) is 0. The van der Waals surface area contributed by atoms with E-state index < -0.39 is 5.92 Å². The third-order valence-corrected chi connectivity index (χ3v) is 3.20. The summed E-state index contributed by atoms with van der Waals surface area (Å²) >= 11 is 0. The highest BCUT2D eigenvalue weighted by Gasteiger charge is 2.27. The van der Waals surface area contributed by atoms with E-state index in [1.54, 1.807) is 0 Å². The predicted molar refractivity (Wildman–Crippen MR) is 71.4 cm³/mol. The van der Waals surface area contributed by atoms with Crippen LogP contribution in [0.2, 0.25) is 0 Å². The number of hydrogen-bond acceptors (Lipinski definition) is 1. The molecule has 0 heterocycles. The molecule has 0 aliphatic carbocycles. The molecule has 18 heavy (non-hydrogen) atoms. The van der Waals surface area contributed by atoms with Gasteiger partial charge in [0.15, 0.2) is 0 Å². The molecule has 0 aliphatic heterocycles. The first-order valence-corrected chi connectivity index (χ1v) is 6.31. The summed E-state index contributed by atoms with van der Waals surface area (Å²) < 4.78 is 26.6. The van der Waals surface area contributed by atoms with Crippen molar-refractivity contribution in [2.24, 2.45) is 5.92 Å². The Morgan fingerprint density at radius 3 is 2.06 bits per heavy atom. The molecule has 0 bridgehead atoms. The molecule has 102 valence electrons. The smallest absolute Gasteiger partial charge is 0.207 e. The largest absolute Gasteiger partial charge is 0.249 e. The minimum Gasteiger partial charge on any atom is -0.207 e. The van der Waals surface area contributed by atoms with E-state index in [1.165, 1.54) is 0 Å². The normalized spacial score (nSPS) is 15.1. The third-order valence-electron chi connectivity index (χ3n) is 3.20. The fourth-order valence-electron chi connectivity index (χ4n) is 1.68. The molecule has 0 fully saturated rings. The van der Waals surface area contributed by atoms with Crippen molar-refractivity contribution in [3.05, 3.63) is 22.3 Å². The van der Waals surface area contributed by atoms with E-state index in [0.717, 1.165) is 18.1 Å². The first-order valence-electron chi connectivity index (χ1n) is 6.31. The van der Waals surface area contributed by atoms with Gasteiger partial charge in [0.1, 0.15) is 0 Å². The first-order chi connectivity index (χ1) is 8.14. The Bertz CT molecular complexity index is 390. The molecule has 0 rings (SSSR count). The first kappa shape index (κ1) is 16.8. The summed E-state index contributed by atoms with van der Waals surface area (Å²) in [6, 6.07) is 2.10. The predicted octanol–water partition coefficient (Wildman–Crippen LogP) is 5.25. The number of rotatable bonds is 5. The van der Waals surface area contributed by atoms with Gasteiger partial charge in [-0.3, -0.25) is 0 Å². The maximum absolute atomic E-state index is 13.3. The summed E-state index contributed by atoms with van der Waals surface area (Å²) in [5.41, 5.74) is 2.70. The van der Waals surface area contributed by atoms with Gasteiger partial charge in [0, 0.05) is 6.42 Å². The molecular formula is C15H23F2N. The van der Waals surface area contributed by atoms with E-state index in [9.17, 15) is 14.0 Å². The summed E-state index contributed by atoms with van der Waals surface area (Å²) in [4.78, 5) is 0. The molecule has 3 heteroatoms. The number of allylic oxidation sites excluding steroid dienone is 4. The molecular weight excluding hydrogens is 232 g/mol. The highest BCUT2D eigenvalue weighted by Crippen LogP contribution is 2.33. The zero-order chi connectivity index (χ0) is 14.5. The molecule has 0 unspecified atom stereocenters. The zero-order valence-electron chi connectivity index (χ0n) is 12.2. The van der Waals surface area contributed by atoms with Crippen molar-refractivity contribution >= 4 is 0 Å². The van der Waals surface area contributed by atoms with Gasteiger partial charge in [-0.05, 0) is 38.7 Å². The van der Waals surface area contributed by atoms with E-state index in [1.807, 2.05) is 34.6 Å². The van der Waals surface area contributed by atoms with Gasteiger partial charge in [-0.1, -0.05) is 31.9 Å². The Morgan fingerprint density at radius 1 is 1.28 bits per heavy atom. The van der Waals surface area contributed by atoms with Gasteiger partial charge in [0.25, 0.3) is 0 Å². The monoisotopic (exact) mass is 255 g/mol. The third kappa shape index (κ3) is 5.00. The van der Waals surface area contributed by atoms with E-state index in [4.69, 9.17) is 0 Å². The number of alkyl halides is 2. The molecule has 0 N–H and O–H groups in total. The summed E-state index contributed by atoms with van der Waals surface area (Å²) in [5, 5.41) is 9.24. The van der Waals surface area contributed by atoms with Crippen molar-refractivity contribution in [1.82, 2.24) is 0 Å². The number of halogens is 2. The van der Waals surface area contributed by atoms with Crippen LogP contribution in [0.25, 0.3) is 0 Å². The SMILES string of the molecule is CC/C(C)=C(C#N)\C(CC(C)(F)F)=C(/C)C(C)C. The van der Waals surface area contributed by atoms with Crippen LogP contribution in [-0.4, -0.2) is 5.92 Å². The second-order valence-electron chi connectivity index (χ2n) is 5.18. The van der Waals surface area contributed by atoms with Crippen molar-refractivity contribution in [3.8, 4) is 6.07 Å². The lowest BCUT2D eigenvalue weighted by Gasteiger charge is -2.19. The average Bonchev–Trinajstić information content (AvgIpc) is 2.25. The Hall–Kier alpha value is -1.17. The topological polar surface area (TPSA) is 23.8 Å². The Morgan fingerprint density at radius 2 is 1.78 bits per heavy atom. The van der Waals surface area contributed by atoms with Crippen molar-refractivity contribution in [1.29, 1.82) is 5.26 Å². The molecule has 0 aromatic heterocycles. The quantitative estimate of drug-likeness (QED) is 0.486. The minimum absolute atomic E-state index is 0.162. The molecule has 1 nitrogen and oxygen atoms in total. The van der Waals surface area contributed by atoms with Gasteiger partial charge in [0.05, 0.1) is 11.6 Å². The number of hydrogen-bond donors (Lipinski definition) is 0. The Labute approximate surface area is 109 Å². The summed E-state index contributed by atoms with van der Waals surface area (Å²) in [6.07, 6.45) is 0.338. The van der Waals surface area contributed by atoms with Gasteiger partial charge < -0.3 is 0 Å². The zero-order valence-corrected chi connectivity index (χ0v) is 12.2. The Kier molecular flexibility index (Phi) is 6.25. The molecule has 0 saturated carbocycles. The second-order valence-corrected chi connectivity index (χ2v) is 5.18. The molecule has 0 aromatic carbocycles. The van der Waals surface area contributed by atoms with Crippen LogP contribution in [0.4, 0.5) is 8.78 Å². The standard InChI is InChI=1S/C15H23F2N/c1-7-11(4)14(9-18)13(8-15(6,16)17)12(5)10(2)3/h10H,7-8H2,1-6H3/b13-12+,14-11-. The fourth-order valence-corrected chi connectivity index (χ4v) is 1.68. The van der Waals surface area contributed by atoms with Gasteiger partial charge >= 0.3 is 0 Å².